The highest BCUT2D eigenvalue weighted by atomic mass is 16.3. The molecule has 0 bridgehead atoms. The molecule has 0 atom stereocenters. The van der Waals surface area contributed by atoms with Crippen molar-refractivity contribution in [1.82, 2.24) is 10.2 Å². The third-order valence-electron chi connectivity index (χ3n) is 2.49. The van der Waals surface area contributed by atoms with Crippen molar-refractivity contribution >= 4 is 5.91 Å². The van der Waals surface area contributed by atoms with Crippen LogP contribution >= 0.6 is 0 Å². The van der Waals surface area contributed by atoms with Gasteiger partial charge in [0.05, 0.1) is 12.1 Å². The highest BCUT2D eigenvalue weighted by Crippen LogP contribution is 2.12. The highest BCUT2D eigenvalue weighted by Gasteiger charge is 2.25. The average molecular weight is 202 g/mol. The molecular formula is C10H22N2O2. The summed E-state index contributed by atoms with van der Waals surface area (Å²) >= 11 is 0. The SMILES string of the molecule is CNCCCC(=O)N(C)C(C)(C)CO. The van der Waals surface area contributed by atoms with Gasteiger partial charge in [0, 0.05) is 13.5 Å². The number of hydrogen-bond donors (Lipinski definition) is 2. The first-order chi connectivity index (χ1) is 6.45. The number of nitrogens with zero attached hydrogens (tertiary/aromatic N) is 1. The summed E-state index contributed by atoms with van der Waals surface area (Å²) in [5.74, 6) is 0.0827. The van der Waals surface area contributed by atoms with Gasteiger partial charge in [-0.15, -0.1) is 0 Å². The van der Waals surface area contributed by atoms with Gasteiger partial charge in [0.25, 0.3) is 0 Å². The van der Waals surface area contributed by atoms with Crippen molar-refractivity contribution in [3.05, 3.63) is 0 Å². The molecule has 2 N–H and O–H groups in total. The maximum atomic E-state index is 11.6. The Morgan fingerprint density at radius 3 is 2.50 bits per heavy atom. The molecular weight excluding hydrogens is 180 g/mol. The first-order valence-corrected chi connectivity index (χ1v) is 4.98. The maximum absolute atomic E-state index is 11.6. The van der Waals surface area contributed by atoms with Crippen LogP contribution < -0.4 is 5.32 Å². The van der Waals surface area contributed by atoms with Crippen LogP contribution in [0.5, 0.6) is 0 Å². The van der Waals surface area contributed by atoms with Crippen LogP contribution in [0.3, 0.4) is 0 Å². The second-order valence-electron chi connectivity index (χ2n) is 4.13. The van der Waals surface area contributed by atoms with E-state index < -0.39 is 5.54 Å². The number of likely N-dealkylation sites (N-methyl/N-ethyl adjacent to an activating group) is 1. The molecule has 0 fully saturated rings. The van der Waals surface area contributed by atoms with Gasteiger partial charge < -0.3 is 15.3 Å². The van der Waals surface area contributed by atoms with Gasteiger partial charge in [0.1, 0.15) is 0 Å². The van der Waals surface area contributed by atoms with Crippen LogP contribution in [0, 0.1) is 0 Å². The number of carbonyl (C=O) groups is 1. The minimum absolute atomic E-state index is 0.0126. The van der Waals surface area contributed by atoms with Gasteiger partial charge in [-0.2, -0.15) is 0 Å². The molecule has 0 saturated heterocycles. The fourth-order valence-corrected chi connectivity index (χ4v) is 1.03. The molecule has 1 amide bonds. The Hall–Kier alpha value is -0.610. The quantitative estimate of drug-likeness (QED) is 0.606. The van der Waals surface area contributed by atoms with Gasteiger partial charge >= 0.3 is 0 Å². The molecule has 0 aliphatic heterocycles. The number of carbonyl (C=O) groups excluding carboxylic acids is 1. The molecule has 0 unspecified atom stereocenters. The van der Waals surface area contributed by atoms with Crippen LogP contribution in [0.15, 0.2) is 0 Å². The predicted octanol–water partition coefficient (Wildman–Crippen LogP) is 0.215. The smallest absolute Gasteiger partial charge is 0.222 e. The molecule has 14 heavy (non-hydrogen) atoms. The summed E-state index contributed by atoms with van der Waals surface area (Å²) in [4.78, 5) is 13.2. The van der Waals surface area contributed by atoms with Crippen molar-refractivity contribution in [3.63, 3.8) is 0 Å². The van der Waals surface area contributed by atoms with Crippen molar-refractivity contribution in [1.29, 1.82) is 0 Å². The minimum Gasteiger partial charge on any atom is -0.394 e. The van der Waals surface area contributed by atoms with Gasteiger partial charge in [-0.3, -0.25) is 4.79 Å². The van der Waals surface area contributed by atoms with E-state index in [-0.39, 0.29) is 12.5 Å². The molecule has 0 aliphatic carbocycles. The summed E-state index contributed by atoms with van der Waals surface area (Å²) in [5.41, 5.74) is -0.462. The van der Waals surface area contributed by atoms with Crippen LogP contribution in [0.1, 0.15) is 26.7 Å². The molecule has 0 radical (unpaired) electrons. The molecule has 0 aliphatic rings. The summed E-state index contributed by atoms with van der Waals surface area (Å²) in [6, 6.07) is 0. The fraction of sp³-hybridized carbons (Fsp3) is 0.900. The topological polar surface area (TPSA) is 52.6 Å². The summed E-state index contributed by atoms with van der Waals surface area (Å²) in [5, 5.41) is 12.1. The third-order valence-corrected chi connectivity index (χ3v) is 2.49. The Morgan fingerprint density at radius 1 is 1.50 bits per heavy atom. The van der Waals surface area contributed by atoms with Crippen molar-refractivity contribution in [2.45, 2.75) is 32.2 Å². The second-order valence-corrected chi connectivity index (χ2v) is 4.13. The van der Waals surface area contributed by atoms with E-state index >= 15 is 0 Å². The normalized spacial score (nSPS) is 11.5. The fourth-order valence-electron chi connectivity index (χ4n) is 1.03. The lowest BCUT2D eigenvalue weighted by atomic mass is 10.0. The summed E-state index contributed by atoms with van der Waals surface area (Å²) < 4.78 is 0. The Balaban J connectivity index is 3.99. The van der Waals surface area contributed by atoms with E-state index in [0.29, 0.717) is 6.42 Å². The molecule has 0 aromatic rings. The summed E-state index contributed by atoms with van der Waals surface area (Å²) in [7, 11) is 3.60. The van der Waals surface area contributed by atoms with Crippen LogP contribution in [-0.4, -0.2) is 48.7 Å². The van der Waals surface area contributed by atoms with Gasteiger partial charge in [0.2, 0.25) is 5.91 Å². The molecule has 0 heterocycles. The highest BCUT2D eigenvalue weighted by molar-refractivity contribution is 5.76. The zero-order chi connectivity index (χ0) is 11.2. The van der Waals surface area contributed by atoms with Crippen molar-refractivity contribution in [3.8, 4) is 0 Å². The lowest BCUT2D eigenvalue weighted by molar-refractivity contribution is -0.136. The molecule has 0 aromatic carbocycles. The first-order valence-electron chi connectivity index (χ1n) is 4.98. The zero-order valence-corrected chi connectivity index (χ0v) is 9.63. The van der Waals surface area contributed by atoms with Gasteiger partial charge in [-0.05, 0) is 33.9 Å². The largest absolute Gasteiger partial charge is 0.394 e. The van der Waals surface area contributed by atoms with Crippen LogP contribution in [-0.2, 0) is 4.79 Å². The third kappa shape index (κ3) is 4.07. The Kier molecular flexibility index (Phi) is 5.72. The van der Waals surface area contributed by atoms with Gasteiger partial charge in [-0.1, -0.05) is 0 Å². The molecule has 0 rings (SSSR count). The number of aliphatic hydroxyl groups is 1. The minimum atomic E-state index is -0.462. The van der Waals surface area contributed by atoms with E-state index in [1.807, 2.05) is 20.9 Å². The maximum Gasteiger partial charge on any atom is 0.222 e. The lowest BCUT2D eigenvalue weighted by Gasteiger charge is -2.34. The Morgan fingerprint density at radius 2 is 2.07 bits per heavy atom. The van der Waals surface area contributed by atoms with E-state index in [1.54, 1.807) is 11.9 Å². The first kappa shape index (κ1) is 13.4. The van der Waals surface area contributed by atoms with E-state index in [4.69, 9.17) is 5.11 Å². The summed E-state index contributed by atoms with van der Waals surface area (Å²) in [6.07, 6.45) is 1.36. The number of nitrogens with one attached hydrogen (secondary N) is 1. The molecule has 0 aromatic heterocycles. The zero-order valence-electron chi connectivity index (χ0n) is 9.63. The lowest BCUT2D eigenvalue weighted by Crippen LogP contribution is -2.47. The molecule has 84 valence electrons. The van der Waals surface area contributed by atoms with Crippen molar-refractivity contribution in [2.75, 3.05) is 27.2 Å². The summed E-state index contributed by atoms with van der Waals surface area (Å²) in [6.45, 7) is 4.53. The molecule has 0 saturated carbocycles. The van der Waals surface area contributed by atoms with E-state index in [9.17, 15) is 4.79 Å². The molecule has 4 nitrogen and oxygen atoms in total. The average Bonchev–Trinajstić information content (AvgIpc) is 2.17. The van der Waals surface area contributed by atoms with Crippen molar-refractivity contribution < 1.29 is 9.90 Å². The van der Waals surface area contributed by atoms with Crippen LogP contribution in [0.25, 0.3) is 0 Å². The second kappa shape index (κ2) is 5.98. The predicted molar refractivity (Wildman–Crippen MR) is 57.1 cm³/mol. The van der Waals surface area contributed by atoms with E-state index in [0.717, 1.165) is 13.0 Å². The monoisotopic (exact) mass is 202 g/mol. The van der Waals surface area contributed by atoms with E-state index in [1.165, 1.54) is 0 Å². The molecule has 0 spiro atoms. The Bertz CT molecular complexity index is 181. The standard InChI is InChI=1S/C10H22N2O2/c1-10(2,8-13)12(4)9(14)6-5-7-11-3/h11,13H,5-8H2,1-4H3. The van der Waals surface area contributed by atoms with Crippen molar-refractivity contribution in [2.24, 2.45) is 0 Å². The Labute approximate surface area is 86.3 Å². The number of amides is 1. The van der Waals surface area contributed by atoms with Crippen LogP contribution in [0.4, 0.5) is 0 Å². The van der Waals surface area contributed by atoms with E-state index in [2.05, 4.69) is 5.32 Å². The molecule has 4 heteroatoms. The van der Waals surface area contributed by atoms with Crippen LogP contribution in [0.2, 0.25) is 0 Å². The number of rotatable bonds is 6. The number of aliphatic hydroxyl groups excluding tert-OH is 1. The van der Waals surface area contributed by atoms with Gasteiger partial charge in [-0.25, -0.2) is 0 Å². The van der Waals surface area contributed by atoms with Gasteiger partial charge in [0.15, 0.2) is 0 Å². The number of hydrogen-bond acceptors (Lipinski definition) is 3.